The highest BCUT2D eigenvalue weighted by atomic mass is 16.3. The molecule has 0 unspecified atom stereocenters. The Morgan fingerprint density at radius 3 is 1.53 bits per heavy atom. The lowest BCUT2D eigenvalue weighted by atomic mass is 9.79. The first-order valence-electron chi connectivity index (χ1n) is 13.9. The van der Waals surface area contributed by atoms with Gasteiger partial charge in [-0.15, -0.1) is 0 Å². The monoisotopic (exact) mass is 484 g/mol. The highest BCUT2D eigenvalue weighted by Gasteiger charge is 2.25. The number of hydrogen-bond donors (Lipinski definition) is 3. The molecule has 0 atom stereocenters. The van der Waals surface area contributed by atoms with Gasteiger partial charge in [0.2, 0.25) is 0 Å². The number of benzene rings is 3. The van der Waals surface area contributed by atoms with Crippen LogP contribution in [0.5, 0.6) is 17.2 Å². The first-order chi connectivity index (χ1) is 17.3. The van der Waals surface area contributed by atoms with E-state index < -0.39 is 0 Å². The molecule has 2 fully saturated rings. The average Bonchev–Trinajstić information content (AvgIpc) is 2.87. The molecule has 5 rings (SSSR count). The normalized spacial score (nSPS) is 17.4. The minimum absolute atomic E-state index is 0.167. The molecular formula is C33H40O3. The molecule has 0 bridgehead atoms. The number of phenolic OH excluding ortho intramolecular Hbond substituents is 3. The quantitative estimate of drug-likeness (QED) is 0.346. The molecule has 2 aliphatic rings. The Bertz CT molecular complexity index is 1260. The Morgan fingerprint density at radius 2 is 1.00 bits per heavy atom. The maximum atomic E-state index is 11.4. The SMILES string of the molecule is Cc1cc(O)c(-c2ccc(C)c(O)c2-c2cc(C3CCCCC3)c(C)cc2O)cc1C1CCCCC1. The van der Waals surface area contributed by atoms with Gasteiger partial charge in [-0.3, -0.25) is 0 Å². The van der Waals surface area contributed by atoms with E-state index in [1.165, 1.54) is 75.3 Å². The van der Waals surface area contributed by atoms with Crippen LogP contribution < -0.4 is 0 Å². The van der Waals surface area contributed by atoms with Crippen LogP contribution in [0.4, 0.5) is 0 Å². The fraction of sp³-hybridized carbons (Fsp3) is 0.455. The van der Waals surface area contributed by atoms with Gasteiger partial charge in [-0.2, -0.15) is 0 Å². The lowest BCUT2D eigenvalue weighted by Crippen LogP contribution is -2.07. The molecule has 0 radical (unpaired) electrons. The minimum Gasteiger partial charge on any atom is -0.507 e. The van der Waals surface area contributed by atoms with Crippen molar-refractivity contribution in [1.29, 1.82) is 0 Å². The molecule has 36 heavy (non-hydrogen) atoms. The fourth-order valence-corrected chi connectivity index (χ4v) is 6.73. The Kier molecular flexibility index (Phi) is 7.01. The van der Waals surface area contributed by atoms with Gasteiger partial charge in [-0.1, -0.05) is 50.7 Å². The molecule has 0 spiro atoms. The van der Waals surface area contributed by atoms with Gasteiger partial charge >= 0.3 is 0 Å². The van der Waals surface area contributed by atoms with Gasteiger partial charge in [0.25, 0.3) is 0 Å². The zero-order valence-corrected chi connectivity index (χ0v) is 22.0. The third-order valence-electron chi connectivity index (χ3n) is 8.80. The van der Waals surface area contributed by atoms with Gasteiger partial charge < -0.3 is 15.3 Å². The molecule has 3 heteroatoms. The van der Waals surface area contributed by atoms with E-state index in [0.717, 1.165) is 27.8 Å². The van der Waals surface area contributed by atoms with Crippen LogP contribution in [-0.4, -0.2) is 15.3 Å². The molecule has 0 aromatic heterocycles. The van der Waals surface area contributed by atoms with Gasteiger partial charge in [-0.25, -0.2) is 0 Å². The Labute approximate surface area is 215 Å². The van der Waals surface area contributed by atoms with Gasteiger partial charge in [0.05, 0.1) is 0 Å². The van der Waals surface area contributed by atoms with Crippen molar-refractivity contribution in [1.82, 2.24) is 0 Å². The molecule has 0 heterocycles. The lowest BCUT2D eigenvalue weighted by Gasteiger charge is -2.26. The highest BCUT2D eigenvalue weighted by Crippen LogP contribution is 2.49. The molecule has 3 nitrogen and oxygen atoms in total. The summed E-state index contributed by atoms with van der Waals surface area (Å²) in [6.07, 6.45) is 12.3. The minimum atomic E-state index is 0.167. The van der Waals surface area contributed by atoms with Gasteiger partial charge in [0.1, 0.15) is 17.2 Å². The fourth-order valence-electron chi connectivity index (χ4n) is 6.73. The molecule has 3 N–H and O–H groups in total. The van der Waals surface area contributed by atoms with Crippen molar-refractivity contribution in [2.75, 3.05) is 0 Å². The summed E-state index contributed by atoms with van der Waals surface area (Å²) >= 11 is 0. The standard InChI is InChI=1S/C33H40O3/c1-20-14-15-25(28-18-26(21(2)16-30(28)34)23-10-6-4-7-11-23)32(33(20)36)29-19-27(22(3)17-31(29)35)24-12-8-5-9-13-24/h14-19,23-24,34-36H,4-13H2,1-3H3. The molecule has 3 aromatic rings. The summed E-state index contributed by atoms with van der Waals surface area (Å²) in [6.45, 7) is 6.05. The third-order valence-corrected chi connectivity index (χ3v) is 8.80. The van der Waals surface area contributed by atoms with Gasteiger partial charge in [0.15, 0.2) is 0 Å². The van der Waals surface area contributed by atoms with E-state index in [1.807, 2.05) is 31.2 Å². The molecule has 2 aliphatic carbocycles. The van der Waals surface area contributed by atoms with Crippen molar-refractivity contribution in [3.8, 4) is 39.5 Å². The van der Waals surface area contributed by atoms with E-state index in [4.69, 9.17) is 0 Å². The smallest absolute Gasteiger partial charge is 0.127 e. The van der Waals surface area contributed by atoms with Crippen LogP contribution in [-0.2, 0) is 0 Å². The van der Waals surface area contributed by atoms with Crippen molar-refractivity contribution in [3.05, 3.63) is 64.2 Å². The van der Waals surface area contributed by atoms with Crippen LogP contribution in [0, 0.1) is 20.8 Å². The van der Waals surface area contributed by atoms with Crippen molar-refractivity contribution in [2.24, 2.45) is 0 Å². The number of aryl methyl sites for hydroxylation is 3. The third kappa shape index (κ3) is 4.61. The predicted molar refractivity (Wildman–Crippen MR) is 148 cm³/mol. The molecule has 0 saturated heterocycles. The molecule has 0 aliphatic heterocycles. The van der Waals surface area contributed by atoms with E-state index in [2.05, 4.69) is 26.0 Å². The zero-order chi connectivity index (χ0) is 25.4. The first kappa shape index (κ1) is 24.7. The Balaban J connectivity index is 1.69. The average molecular weight is 485 g/mol. The van der Waals surface area contributed by atoms with Crippen molar-refractivity contribution in [2.45, 2.75) is 96.8 Å². The second-order valence-corrected chi connectivity index (χ2v) is 11.3. The lowest BCUT2D eigenvalue weighted by molar-refractivity contribution is 0.440. The summed E-state index contributed by atoms with van der Waals surface area (Å²) in [4.78, 5) is 0. The van der Waals surface area contributed by atoms with E-state index in [1.54, 1.807) is 0 Å². The van der Waals surface area contributed by atoms with Crippen LogP contribution in [0.2, 0.25) is 0 Å². The molecular weight excluding hydrogens is 444 g/mol. The van der Waals surface area contributed by atoms with Crippen LogP contribution >= 0.6 is 0 Å². The summed E-state index contributed by atoms with van der Waals surface area (Å²) in [7, 11) is 0. The van der Waals surface area contributed by atoms with Crippen LogP contribution in [0.15, 0.2) is 36.4 Å². The second kappa shape index (κ2) is 10.2. The summed E-state index contributed by atoms with van der Waals surface area (Å²) in [5.41, 5.74) is 8.30. The molecule has 3 aromatic carbocycles. The summed E-state index contributed by atoms with van der Waals surface area (Å²) in [6, 6.07) is 11.9. The maximum absolute atomic E-state index is 11.4. The van der Waals surface area contributed by atoms with E-state index >= 15 is 0 Å². The second-order valence-electron chi connectivity index (χ2n) is 11.3. The van der Waals surface area contributed by atoms with Crippen molar-refractivity contribution >= 4 is 0 Å². The summed E-state index contributed by atoms with van der Waals surface area (Å²) in [5.74, 6) is 1.55. The largest absolute Gasteiger partial charge is 0.507 e. The molecule has 190 valence electrons. The maximum Gasteiger partial charge on any atom is 0.127 e. The Hall–Kier alpha value is -2.94. The number of rotatable bonds is 4. The summed E-state index contributed by atoms with van der Waals surface area (Å²) < 4.78 is 0. The van der Waals surface area contributed by atoms with E-state index in [0.29, 0.717) is 23.0 Å². The number of hydrogen-bond acceptors (Lipinski definition) is 3. The van der Waals surface area contributed by atoms with Crippen LogP contribution in [0.3, 0.4) is 0 Å². The van der Waals surface area contributed by atoms with Crippen LogP contribution in [0.25, 0.3) is 22.3 Å². The molecule has 0 amide bonds. The summed E-state index contributed by atoms with van der Waals surface area (Å²) in [5, 5.41) is 33.6. The zero-order valence-electron chi connectivity index (χ0n) is 22.0. The van der Waals surface area contributed by atoms with Gasteiger partial charge in [-0.05, 0) is 116 Å². The van der Waals surface area contributed by atoms with E-state index in [-0.39, 0.29) is 17.2 Å². The Morgan fingerprint density at radius 1 is 0.528 bits per heavy atom. The topological polar surface area (TPSA) is 60.7 Å². The van der Waals surface area contributed by atoms with E-state index in [9.17, 15) is 15.3 Å². The van der Waals surface area contributed by atoms with Gasteiger partial charge in [0, 0.05) is 16.7 Å². The predicted octanol–water partition coefficient (Wildman–Crippen LogP) is 9.16. The van der Waals surface area contributed by atoms with Crippen LogP contribution in [0.1, 0.15) is 104 Å². The number of phenols is 3. The first-order valence-corrected chi connectivity index (χ1v) is 13.9. The highest BCUT2D eigenvalue weighted by molar-refractivity contribution is 5.93. The van der Waals surface area contributed by atoms with Crippen molar-refractivity contribution < 1.29 is 15.3 Å². The number of aromatic hydroxyl groups is 3. The van der Waals surface area contributed by atoms with Crippen molar-refractivity contribution in [3.63, 3.8) is 0 Å². The molecule has 2 saturated carbocycles.